The van der Waals surface area contributed by atoms with Crippen molar-refractivity contribution in [2.75, 3.05) is 11.6 Å². The third-order valence-corrected chi connectivity index (χ3v) is 4.99. The van der Waals surface area contributed by atoms with E-state index in [4.69, 9.17) is 0 Å². The Bertz CT molecular complexity index is 846. The van der Waals surface area contributed by atoms with Crippen LogP contribution in [0, 0.1) is 0 Å². The molecule has 0 spiro atoms. The summed E-state index contributed by atoms with van der Waals surface area (Å²) in [5, 5.41) is 3.87. The van der Waals surface area contributed by atoms with Gasteiger partial charge in [-0.3, -0.25) is 4.79 Å². The molecule has 0 saturated carbocycles. The van der Waals surface area contributed by atoms with E-state index in [2.05, 4.69) is 27.0 Å². The van der Waals surface area contributed by atoms with E-state index < -0.39 is 0 Å². The number of thioether (sulfide) groups is 1. The zero-order valence-corrected chi connectivity index (χ0v) is 15.9. The number of amides is 1. The second-order valence-electron chi connectivity index (χ2n) is 6.09. The molecule has 5 heteroatoms. The summed E-state index contributed by atoms with van der Waals surface area (Å²) in [6, 6.07) is 20.1. The Hall–Kier alpha value is -2.53. The zero-order valence-electron chi connectivity index (χ0n) is 15.1. The van der Waals surface area contributed by atoms with Crippen LogP contribution in [0.25, 0.3) is 0 Å². The van der Waals surface area contributed by atoms with E-state index in [0.717, 1.165) is 23.7 Å². The van der Waals surface area contributed by atoms with E-state index in [1.54, 1.807) is 11.8 Å². The highest BCUT2D eigenvalue weighted by atomic mass is 32.2. The summed E-state index contributed by atoms with van der Waals surface area (Å²) in [5.74, 6) is 0.411. The molecule has 1 unspecified atom stereocenters. The quantitative estimate of drug-likeness (QED) is 0.613. The van der Waals surface area contributed by atoms with Crippen LogP contribution in [0.3, 0.4) is 0 Å². The largest absolute Gasteiger partial charge is 0.319 e. The van der Waals surface area contributed by atoms with E-state index in [9.17, 15) is 4.79 Å². The number of hydrogen-bond donors (Lipinski definition) is 1. The van der Waals surface area contributed by atoms with E-state index in [1.807, 2.05) is 67.9 Å². The van der Waals surface area contributed by atoms with Gasteiger partial charge < -0.3 is 9.88 Å². The Morgan fingerprint density at radius 3 is 2.38 bits per heavy atom. The lowest BCUT2D eigenvalue weighted by atomic mass is 9.96. The lowest BCUT2D eigenvalue weighted by molar-refractivity contribution is -0.117. The molecule has 1 heterocycles. The molecule has 0 aliphatic heterocycles. The Balaban J connectivity index is 1.76. The summed E-state index contributed by atoms with van der Waals surface area (Å²) in [5.41, 5.74) is 2.23. The Morgan fingerprint density at radius 2 is 1.77 bits per heavy atom. The lowest BCUT2D eigenvalue weighted by Crippen LogP contribution is -2.20. The zero-order chi connectivity index (χ0) is 18.4. The molecule has 0 saturated heterocycles. The number of rotatable bonds is 7. The minimum Gasteiger partial charge on any atom is -0.319 e. The molecule has 0 fully saturated rings. The standard InChI is InChI=1S/C21H23N3OS/c1-3-18(17-12-8-5-9-13-17)20(25)22-19-15-24(21(23-19)26-2)14-16-10-6-4-7-11-16/h4-13,15,18H,3,14H2,1-2H3,(H,22,25). The molecule has 1 atom stereocenters. The van der Waals surface area contributed by atoms with Crippen LogP contribution in [-0.4, -0.2) is 21.7 Å². The summed E-state index contributed by atoms with van der Waals surface area (Å²) in [6.45, 7) is 2.76. The summed E-state index contributed by atoms with van der Waals surface area (Å²) in [7, 11) is 0. The third-order valence-electron chi connectivity index (χ3n) is 4.30. The molecular formula is C21H23N3OS. The van der Waals surface area contributed by atoms with Gasteiger partial charge in [-0.25, -0.2) is 4.98 Å². The van der Waals surface area contributed by atoms with Gasteiger partial charge in [0.05, 0.1) is 5.92 Å². The van der Waals surface area contributed by atoms with Crippen molar-refractivity contribution in [2.24, 2.45) is 0 Å². The predicted molar refractivity (Wildman–Crippen MR) is 108 cm³/mol. The molecule has 1 N–H and O–H groups in total. The van der Waals surface area contributed by atoms with Gasteiger partial charge in [0.25, 0.3) is 0 Å². The van der Waals surface area contributed by atoms with Gasteiger partial charge in [0.2, 0.25) is 5.91 Å². The van der Waals surface area contributed by atoms with E-state index in [0.29, 0.717) is 5.82 Å². The van der Waals surface area contributed by atoms with Crippen LogP contribution in [-0.2, 0) is 11.3 Å². The molecule has 0 radical (unpaired) electrons. The van der Waals surface area contributed by atoms with E-state index in [1.165, 1.54) is 5.56 Å². The SMILES string of the molecule is CCC(C(=O)Nc1cn(Cc2ccccc2)c(SC)n1)c1ccccc1. The Kier molecular flexibility index (Phi) is 6.12. The first-order valence-corrected chi connectivity index (χ1v) is 9.94. The first-order chi connectivity index (χ1) is 12.7. The van der Waals surface area contributed by atoms with Crippen molar-refractivity contribution in [3.05, 3.63) is 78.0 Å². The second-order valence-corrected chi connectivity index (χ2v) is 6.86. The number of carbonyl (C=O) groups excluding carboxylic acids is 1. The van der Waals surface area contributed by atoms with Crippen molar-refractivity contribution in [3.8, 4) is 0 Å². The number of nitrogens with zero attached hydrogens (tertiary/aromatic N) is 2. The van der Waals surface area contributed by atoms with Crippen LogP contribution in [0.4, 0.5) is 5.82 Å². The van der Waals surface area contributed by atoms with Gasteiger partial charge in [-0.2, -0.15) is 0 Å². The van der Waals surface area contributed by atoms with Gasteiger partial charge in [-0.05, 0) is 23.8 Å². The van der Waals surface area contributed by atoms with Gasteiger partial charge >= 0.3 is 0 Å². The monoisotopic (exact) mass is 365 g/mol. The average molecular weight is 366 g/mol. The highest BCUT2D eigenvalue weighted by Crippen LogP contribution is 2.23. The molecule has 3 aromatic rings. The molecular weight excluding hydrogens is 342 g/mol. The maximum atomic E-state index is 12.7. The lowest BCUT2D eigenvalue weighted by Gasteiger charge is -2.14. The molecule has 2 aromatic carbocycles. The molecule has 1 amide bonds. The maximum Gasteiger partial charge on any atom is 0.233 e. The molecule has 0 aliphatic rings. The number of carbonyl (C=O) groups is 1. The summed E-state index contributed by atoms with van der Waals surface area (Å²) < 4.78 is 2.07. The maximum absolute atomic E-state index is 12.7. The van der Waals surface area contributed by atoms with Crippen LogP contribution in [0.2, 0.25) is 0 Å². The van der Waals surface area contributed by atoms with Gasteiger partial charge in [-0.15, -0.1) is 0 Å². The van der Waals surface area contributed by atoms with Gasteiger partial charge in [-0.1, -0.05) is 79.3 Å². The van der Waals surface area contributed by atoms with Crippen LogP contribution < -0.4 is 5.32 Å². The average Bonchev–Trinajstić information content (AvgIpc) is 3.05. The number of anilines is 1. The normalized spacial score (nSPS) is 11.9. The van der Waals surface area contributed by atoms with Crippen molar-refractivity contribution in [3.63, 3.8) is 0 Å². The van der Waals surface area contributed by atoms with Crippen molar-refractivity contribution in [2.45, 2.75) is 31.0 Å². The third kappa shape index (κ3) is 4.35. The first kappa shape index (κ1) is 18.3. The highest BCUT2D eigenvalue weighted by molar-refractivity contribution is 7.98. The topological polar surface area (TPSA) is 46.9 Å². The predicted octanol–water partition coefficient (Wildman–Crippen LogP) is 4.79. The first-order valence-electron chi connectivity index (χ1n) is 8.72. The van der Waals surface area contributed by atoms with Gasteiger partial charge in [0.15, 0.2) is 11.0 Å². The molecule has 0 bridgehead atoms. The van der Waals surface area contributed by atoms with Crippen LogP contribution in [0.15, 0.2) is 72.0 Å². The van der Waals surface area contributed by atoms with E-state index in [-0.39, 0.29) is 11.8 Å². The molecule has 26 heavy (non-hydrogen) atoms. The molecule has 0 aliphatic carbocycles. The van der Waals surface area contributed by atoms with Crippen molar-refractivity contribution in [1.29, 1.82) is 0 Å². The van der Waals surface area contributed by atoms with Gasteiger partial charge in [0.1, 0.15) is 0 Å². The smallest absolute Gasteiger partial charge is 0.233 e. The fourth-order valence-corrected chi connectivity index (χ4v) is 3.53. The molecule has 3 rings (SSSR count). The van der Waals surface area contributed by atoms with Crippen LogP contribution >= 0.6 is 11.8 Å². The minimum absolute atomic E-state index is 0.0179. The summed E-state index contributed by atoms with van der Waals surface area (Å²) >= 11 is 1.57. The molecule has 134 valence electrons. The van der Waals surface area contributed by atoms with Crippen LogP contribution in [0.5, 0.6) is 0 Å². The number of aromatic nitrogens is 2. The number of benzene rings is 2. The number of imidazole rings is 1. The fraction of sp³-hybridized carbons (Fsp3) is 0.238. The number of nitrogens with one attached hydrogen (secondary N) is 1. The fourth-order valence-electron chi connectivity index (χ4n) is 2.99. The highest BCUT2D eigenvalue weighted by Gasteiger charge is 2.20. The Morgan fingerprint density at radius 1 is 1.12 bits per heavy atom. The van der Waals surface area contributed by atoms with Gasteiger partial charge in [0, 0.05) is 12.7 Å². The summed E-state index contributed by atoms with van der Waals surface area (Å²) in [4.78, 5) is 17.3. The molecule has 4 nitrogen and oxygen atoms in total. The van der Waals surface area contributed by atoms with Crippen molar-refractivity contribution < 1.29 is 4.79 Å². The van der Waals surface area contributed by atoms with Crippen molar-refractivity contribution in [1.82, 2.24) is 9.55 Å². The molecule has 1 aromatic heterocycles. The van der Waals surface area contributed by atoms with Crippen molar-refractivity contribution >= 4 is 23.5 Å². The summed E-state index contributed by atoms with van der Waals surface area (Å²) in [6.07, 6.45) is 4.65. The second kappa shape index (κ2) is 8.72. The Labute approximate surface area is 158 Å². The van der Waals surface area contributed by atoms with E-state index >= 15 is 0 Å². The minimum atomic E-state index is -0.173. The number of hydrogen-bond acceptors (Lipinski definition) is 3. The van der Waals surface area contributed by atoms with Crippen LogP contribution in [0.1, 0.15) is 30.4 Å².